The number of halogens is 1. The molecule has 1 aliphatic carbocycles. The largest absolute Gasteiger partial charge is 0.339 e. The summed E-state index contributed by atoms with van der Waals surface area (Å²) in [5, 5.41) is 3.70. The minimum absolute atomic E-state index is 0.0146. The fraction of sp³-hybridized carbons (Fsp3) is 0.529. The number of nitrogens with one attached hydrogen (secondary N) is 1. The molecule has 124 valence electrons. The van der Waals surface area contributed by atoms with Crippen molar-refractivity contribution in [2.24, 2.45) is 0 Å². The summed E-state index contributed by atoms with van der Waals surface area (Å²) in [6, 6.07) is 7.99. The maximum atomic E-state index is 12.3. The van der Waals surface area contributed by atoms with Crippen LogP contribution in [0.15, 0.2) is 24.3 Å². The van der Waals surface area contributed by atoms with Gasteiger partial charge in [-0.05, 0) is 37.0 Å². The lowest BCUT2D eigenvalue weighted by Crippen LogP contribution is -2.53. The Morgan fingerprint density at radius 2 is 1.65 bits per heavy atom. The number of carbonyl (C=O) groups excluding carboxylic acids is 2. The number of hydrogen-bond acceptors (Lipinski definition) is 2. The van der Waals surface area contributed by atoms with Crippen LogP contribution in [0, 0.1) is 0 Å². The molecular formula is C17H22ClN3O2. The zero-order valence-electron chi connectivity index (χ0n) is 13.1. The van der Waals surface area contributed by atoms with E-state index in [2.05, 4.69) is 5.32 Å². The summed E-state index contributed by atoms with van der Waals surface area (Å²) in [7, 11) is 0. The number of aryl methyl sites for hydroxylation is 1. The van der Waals surface area contributed by atoms with Crippen molar-refractivity contribution in [3.8, 4) is 0 Å². The van der Waals surface area contributed by atoms with Crippen LogP contribution in [-0.4, -0.2) is 54.0 Å². The van der Waals surface area contributed by atoms with Gasteiger partial charge in [-0.15, -0.1) is 0 Å². The molecule has 1 saturated carbocycles. The minimum Gasteiger partial charge on any atom is -0.339 e. The quantitative estimate of drug-likeness (QED) is 0.917. The van der Waals surface area contributed by atoms with Gasteiger partial charge in [0.05, 0.1) is 0 Å². The molecule has 3 amide bonds. The second-order valence-corrected chi connectivity index (χ2v) is 6.65. The van der Waals surface area contributed by atoms with E-state index in [1.807, 2.05) is 29.2 Å². The van der Waals surface area contributed by atoms with E-state index in [4.69, 9.17) is 11.6 Å². The molecule has 2 fully saturated rings. The fourth-order valence-electron chi connectivity index (χ4n) is 2.71. The first-order valence-corrected chi connectivity index (χ1v) is 8.57. The third-order valence-corrected chi connectivity index (χ3v) is 4.62. The minimum atomic E-state index is 0.0146. The van der Waals surface area contributed by atoms with Crippen molar-refractivity contribution in [2.75, 3.05) is 26.2 Å². The van der Waals surface area contributed by atoms with Crippen molar-refractivity contribution in [3.63, 3.8) is 0 Å². The van der Waals surface area contributed by atoms with E-state index in [1.54, 1.807) is 4.90 Å². The van der Waals surface area contributed by atoms with Crippen LogP contribution < -0.4 is 5.32 Å². The van der Waals surface area contributed by atoms with Crippen LogP contribution in [0.1, 0.15) is 24.8 Å². The third-order valence-electron chi connectivity index (χ3n) is 4.37. The van der Waals surface area contributed by atoms with Crippen LogP contribution in [0.3, 0.4) is 0 Å². The molecule has 1 aromatic rings. The second-order valence-electron chi connectivity index (χ2n) is 6.22. The van der Waals surface area contributed by atoms with E-state index in [9.17, 15) is 9.59 Å². The molecule has 6 heteroatoms. The first-order chi connectivity index (χ1) is 11.1. The summed E-state index contributed by atoms with van der Waals surface area (Å²) in [6.07, 6.45) is 3.40. The third kappa shape index (κ3) is 4.61. The molecule has 3 rings (SSSR count). The lowest BCUT2D eigenvalue weighted by atomic mass is 10.1. The summed E-state index contributed by atoms with van der Waals surface area (Å²) in [5.41, 5.74) is 1.12. The van der Waals surface area contributed by atoms with Gasteiger partial charge in [-0.2, -0.15) is 0 Å². The zero-order valence-corrected chi connectivity index (χ0v) is 13.9. The van der Waals surface area contributed by atoms with Crippen molar-refractivity contribution in [1.29, 1.82) is 0 Å². The van der Waals surface area contributed by atoms with Gasteiger partial charge in [0, 0.05) is 43.7 Å². The lowest BCUT2D eigenvalue weighted by molar-refractivity contribution is -0.132. The number of piperazine rings is 1. The summed E-state index contributed by atoms with van der Waals surface area (Å²) in [5.74, 6) is 0.155. The molecule has 1 N–H and O–H groups in total. The molecule has 1 aliphatic heterocycles. The Morgan fingerprint density at radius 3 is 2.26 bits per heavy atom. The van der Waals surface area contributed by atoms with Crippen LogP contribution in [0.5, 0.6) is 0 Å². The zero-order chi connectivity index (χ0) is 16.2. The lowest BCUT2D eigenvalue weighted by Gasteiger charge is -2.34. The Morgan fingerprint density at radius 1 is 1.04 bits per heavy atom. The van der Waals surface area contributed by atoms with Crippen molar-refractivity contribution in [2.45, 2.75) is 31.7 Å². The van der Waals surface area contributed by atoms with Crippen molar-refractivity contribution in [3.05, 3.63) is 34.9 Å². The van der Waals surface area contributed by atoms with Gasteiger partial charge in [0.15, 0.2) is 0 Å². The Bertz CT molecular complexity index is 564. The Hall–Kier alpha value is -1.75. The summed E-state index contributed by atoms with van der Waals surface area (Å²) >= 11 is 5.86. The number of benzene rings is 1. The smallest absolute Gasteiger partial charge is 0.317 e. The van der Waals surface area contributed by atoms with E-state index in [-0.39, 0.29) is 11.9 Å². The SMILES string of the molecule is O=C(CCc1ccc(Cl)cc1)N1CCN(C(=O)NC2CC2)CC1. The molecule has 5 nitrogen and oxygen atoms in total. The molecule has 2 aliphatic rings. The summed E-state index contributed by atoms with van der Waals surface area (Å²) in [4.78, 5) is 27.9. The van der Waals surface area contributed by atoms with Crippen LogP contribution in [0.4, 0.5) is 4.79 Å². The van der Waals surface area contributed by atoms with Gasteiger partial charge in [-0.3, -0.25) is 4.79 Å². The summed E-state index contributed by atoms with van der Waals surface area (Å²) < 4.78 is 0. The predicted molar refractivity (Wildman–Crippen MR) is 89.5 cm³/mol. The highest BCUT2D eigenvalue weighted by Crippen LogP contribution is 2.19. The van der Waals surface area contributed by atoms with Gasteiger partial charge < -0.3 is 15.1 Å². The Balaban J connectivity index is 1.40. The van der Waals surface area contributed by atoms with E-state index in [0.717, 1.165) is 24.8 Å². The first-order valence-electron chi connectivity index (χ1n) is 8.19. The van der Waals surface area contributed by atoms with Crippen molar-refractivity contribution >= 4 is 23.5 Å². The number of nitrogens with zero attached hydrogens (tertiary/aromatic N) is 2. The molecule has 0 aromatic heterocycles. The van der Waals surface area contributed by atoms with E-state index >= 15 is 0 Å². The molecular weight excluding hydrogens is 314 g/mol. The maximum absolute atomic E-state index is 12.3. The molecule has 23 heavy (non-hydrogen) atoms. The normalized spacial score (nSPS) is 18.0. The highest BCUT2D eigenvalue weighted by atomic mass is 35.5. The van der Waals surface area contributed by atoms with Crippen molar-refractivity contribution in [1.82, 2.24) is 15.1 Å². The van der Waals surface area contributed by atoms with Crippen LogP contribution in [-0.2, 0) is 11.2 Å². The molecule has 1 heterocycles. The van der Waals surface area contributed by atoms with Crippen molar-refractivity contribution < 1.29 is 9.59 Å². The average Bonchev–Trinajstić information content (AvgIpc) is 3.38. The molecule has 0 unspecified atom stereocenters. The van der Waals surface area contributed by atoms with E-state index < -0.39 is 0 Å². The average molecular weight is 336 g/mol. The molecule has 0 spiro atoms. The van der Waals surface area contributed by atoms with Gasteiger partial charge in [0.25, 0.3) is 0 Å². The predicted octanol–water partition coefficient (Wildman–Crippen LogP) is 2.29. The van der Waals surface area contributed by atoms with Crippen LogP contribution in [0.25, 0.3) is 0 Å². The second kappa shape index (κ2) is 7.21. The highest BCUT2D eigenvalue weighted by molar-refractivity contribution is 6.30. The van der Waals surface area contributed by atoms with Gasteiger partial charge in [-0.1, -0.05) is 23.7 Å². The Labute approximate surface area is 141 Å². The van der Waals surface area contributed by atoms with E-state index in [1.165, 1.54) is 0 Å². The number of rotatable bonds is 4. The number of hydrogen-bond donors (Lipinski definition) is 1. The van der Waals surface area contributed by atoms with Crippen LogP contribution >= 0.6 is 11.6 Å². The molecule has 0 radical (unpaired) electrons. The van der Waals surface area contributed by atoms with E-state index in [0.29, 0.717) is 43.7 Å². The highest BCUT2D eigenvalue weighted by Gasteiger charge is 2.28. The monoisotopic (exact) mass is 335 g/mol. The van der Waals surface area contributed by atoms with Gasteiger partial charge in [0.1, 0.15) is 0 Å². The molecule has 1 saturated heterocycles. The van der Waals surface area contributed by atoms with Gasteiger partial charge >= 0.3 is 6.03 Å². The first kappa shape index (κ1) is 16.1. The number of amides is 3. The molecule has 0 bridgehead atoms. The maximum Gasteiger partial charge on any atom is 0.317 e. The standard InChI is InChI=1S/C17H22ClN3O2/c18-14-4-1-13(2-5-14)3-8-16(22)20-9-11-21(12-10-20)17(23)19-15-6-7-15/h1-2,4-5,15H,3,6-12H2,(H,19,23). The van der Waals surface area contributed by atoms with Gasteiger partial charge in [0.2, 0.25) is 5.91 Å². The van der Waals surface area contributed by atoms with Gasteiger partial charge in [-0.25, -0.2) is 4.79 Å². The molecule has 1 aromatic carbocycles. The number of urea groups is 1. The fourth-order valence-corrected chi connectivity index (χ4v) is 2.84. The topological polar surface area (TPSA) is 52.7 Å². The molecule has 0 atom stereocenters. The van der Waals surface area contributed by atoms with Crippen LogP contribution in [0.2, 0.25) is 5.02 Å². The number of carbonyl (C=O) groups is 2. The summed E-state index contributed by atoms with van der Waals surface area (Å²) in [6.45, 7) is 2.48. The Kier molecular flexibility index (Phi) is 5.06.